The van der Waals surface area contributed by atoms with Crippen molar-refractivity contribution in [1.29, 1.82) is 0 Å². The van der Waals surface area contributed by atoms with Crippen LogP contribution in [0.25, 0.3) is 11.1 Å². The molecule has 0 unspecified atom stereocenters. The molecule has 3 aromatic rings. The van der Waals surface area contributed by atoms with Gasteiger partial charge in [0.05, 0.1) is 19.8 Å². The molecule has 0 radical (unpaired) electrons. The normalized spacial score (nSPS) is 19.4. The SMILES string of the molecule is C[C@H](O)c1nccn1[C@@H](C#Cc1ccc(-c2ccc(O[C@H]3COC[C@@H]3O)c(F)c2)c(F)c1)CO. The van der Waals surface area contributed by atoms with E-state index < -0.39 is 36.0 Å². The predicted molar refractivity (Wildman–Crippen MR) is 119 cm³/mol. The molecule has 1 fully saturated rings. The summed E-state index contributed by atoms with van der Waals surface area (Å²) in [6.07, 6.45) is 0.778. The fourth-order valence-corrected chi connectivity index (χ4v) is 3.67. The minimum Gasteiger partial charge on any atom is -0.482 e. The average molecular weight is 470 g/mol. The van der Waals surface area contributed by atoms with Crippen molar-refractivity contribution in [3.8, 4) is 28.7 Å². The lowest BCUT2D eigenvalue weighted by molar-refractivity contribution is 0.0708. The quantitative estimate of drug-likeness (QED) is 0.480. The van der Waals surface area contributed by atoms with Gasteiger partial charge in [0, 0.05) is 23.5 Å². The van der Waals surface area contributed by atoms with Crippen LogP contribution in [0, 0.1) is 23.5 Å². The summed E-state index contributed by atoms with van der Waals surface area (Å²) in [5, 5.41) is 29.3. The highest BCUT2D eigenvalue weighted by molar-refractivity contribution is 5.66. The average Bonchev–Trinajstić information content (AvgIpc) is 3.45. The number of aliphatic hydroxyl groups excluding tert-OH is 3. The van der Waals surface area contributed by atoms with Crippen molar-refractivity contribution in [2.45, 2.75) is 31.3 Å². The number of nitrogens with zero attached hydrogens (tertiary/aromatic N) is 2. The van der Waals surface area contributed by atoms with Gasteiger partial charge in [-0.3, -0.25) is 0 Å². The third-order valence-corrected chi connectivity index (χ3v) is 5.45. The van der Waals surface area contributed by atoms with E-state index in [1.807, 2.05) is 0 Å². The summed E-state index contributed by atoms with van der Waals surface area (Å²) >= 11 is 0. The largest absolute Gasteiger partial charge is 0.482 e. The second-order valence-corrected chi connectivity index (χ2v) is 7.94. The minimum absolute atomic E-state index is 0.0488. The van der Waals surface area contributed by atoms with E-state index in [4.69, 9.17) is 9.47 Å². The first-order valence-corrected chi connectivity index (χ1v) is 10.7. The van der Waals surface area contributed by atoms with E-state index in [-0.39, 0.29) is 31.1 Å². The van der Waals surface area contributed by atoms with Crippen LogP contribution in [0.4, 0.5) is 8.78 Å². The first kappa shape index (κ1) is 23.9. The zero-order valence-electron chi connectivity index (χ0n) is 18.4. The maximum absolute atomic E-state index is 14.8. The molecule has 0 aliphatic carbocycles. The molecule has 7 nitrogen and oxygen atoms in total. The number of halogens is 2. The summed E-state index contributed by atoms with van der Waals surface area (Å²) in [6, 6.07) is 7.74. The van der Waals surface area contributed by atoms with Crippen molar-refractivity contribution in [3.05, 3.63) is 71.8 Å². The molecule has 0 bridgehead atoms. The summed E-state index contributed by atoms with van der Waals surface area (Å²) in [5.74, 6) is 4.73. The standard InChI is InChI=1S/C25H24F2N2O5/c1-15(31)25-28-8-9-29(25)18(12-30)5-2-16-3-6-19(20(26)10-16)17-4-7-23(21(27)11-17)34-24-14-33-13-22(24)32/h3-4,6-11,15,18,22,24,30-32H,12-14H2,1H3/t15-,18-,22-,24-/m0/s1. The van der Waals surface area contributed by atoms with Crippen LogP contribution in [0.3, 0.4) is 0 Å². The Morgan fingerprint density at radius 2 is 2.03 bits per heavy atom. The first-order valence-electron chi connectivity index (χ1n) is 10.7. The Morgan fingerprint density at radius 1 is 1.21 bits per heavy atom. The smallest absolute Gasteiger partial charge is 0.165 e. The van der Waals surface area contributed by atoms with Gasteiger partial charge in [0.15, 0.2) is 17.7 Å². The summed E-state index contributed by atoms with van der Waals surface area (Å²) < 4.78 is 41.5. The number of imidazole rings is 1. The Balaban J connectivity index is 1.52. The molecule has 1 aliphatic heterocycles. The molecule has 3 N–H and O–H groups in total. The third kappa shape index (κ3) is 5.11. The fourth-order valence-electron chi connectivity index (χ4n) is 3.67. The van der Waals surface area contributed by atoms with Crippen LogP contribution in [0.5, 0.6) is 5.75 Å². The summed E-state index contributed by atoms with van der Waals surface area (Å²) in [7, 11) is 0. The third-order valence-electron chi connectivity index (χ3n) is 5.45. The second kappa shape index (κ2) is 10.3. The maximum atomic E-state index is 14.8. The molecular weight excluding hydrogens is 446 g/mol. The van der Waals surface area contributed by atoms with E-state index in [1.54, 1.807) is 23.8 Å². The number of ether oxygens (including phenoxy) is 2. The second-order valence-electron chi connectivity index (χ2n) is 7.94. The van der Waals surface area contributed by atoms with Gasteiger partial charge in [-0.15, -0.1) is 0 Å². The highest BCUT2D eigenvalue weighted by atomic mass is 19.1. The van der Waals surface area contributed by atoms with Crippen molar-refractivity contribution in [2.24, 2.45) is 0 Å². The van der Waals surface area contributed by atoms with Crippen LogP contribution in [-0.4, -0.2) is 56.9 Å². The van der Waals surface area contributed by atoms with Crippen molar-refractivity contribution < 1.29 is 33.6 Å². The van der Waals surface area contributed by atoms with E-state index >= 15 is 0 Å². The molecule has 0 saturated carbocycles. The van der Waals surface area contributed by atoms with Gasteiger partial charge in [-0.25, -0.2) is 13.8 Å². The number of rotatable bonds is 6. The van der Waals surface area contributed by atoms with Gasteiger partial charge in [-0.2, -0.15) is 0 Å². The Labute approximate surface area is 195 Å². The van der Waals surface area contributed by atoms with Gasteiger partial charge in [-0.1, -0.05) is 24.0 Å². The van der Waals surface area contributed by atoms with Gasteiger partial charge in [0.2, 0.25) is 0 Å². The summed E-state index contributed by atoms with van der Waals surface area (Å²) in [4.78, 5) is 4.06. The lowest BCUT2D eigenvalue weighted by Crippen LogP contribution is -2.30. The maximum Gasteiger partial charge on any atom is 0.165 e. The van der Waals surface area contributed by atoms with E-state index in [0.29, 0.717) is 17.0 Å². The molecule has 2 heterocycles. The molecule has 1 aliphatic rings. The van der Waals surface area contributed by atoms with Crippen molar-refractivity contribution in [2.75, 3.05) is 19.8 Å². The number of hydrogen-bond acceptors (Lipinski definition) is 6. The monoisotopic (exact) mass is 470 g/mol. The molecule has 1 saturated heterocycles. The number of aliphatic hydroxyl groups is 3. The molecule has 4 atom stereocenters. The zero-order chi connectivity index (χ0) is 24.2. The van der Waals surface area contributed by atoms with E-state index in [2.05, 4.69) is 16.8 Å². The van der Waals surface area contributed by atoms with Crippen molar-refractivity contribution in [3.63, 3.8) is 0 Å². The van der Waals surface area contributed by atoms with Crippen molar-refractivity contribution >= 4 is 0 Å². The van der Waals surface area contributed by atoms with Crippen LogP contribution in [0.2, 0.25) is 0 Å². The Hall–Kier alpha value is -3.29. The van der Waals surface area contributed by atoms with Crippen LogP contribution in [-0.2, 0) is 4.74 Å². The molecule has 2 aromatic carbocycles. The number of benzene rings is 2. The molecule has 9 heteroatoms. The lowest BCUT2D eigenvalue weighted by atomic mass is 10.0. The molecule has 0 amide bonds. The summed E-state index contributed by atoms with van der Waals surface area (Å²) in [5.41, 5.74) is 0.873. The van der Waals surface area contributed by atoms with Gasteiger partial charge < -0.3 is 29.4 Å². The molecule has 0 spiro atoms. The number of hydrogen-bond donors (Lipinski definition) is 3. The Morgan fingerprint density at radius 3 is 2.68 bits per heavy atom. The topological polar surface area (TPSA) is 97.0 Å². The van der Waals surface area contributed by atoms with E-state index in [1.165, 1.54) is 36.5 Å². The van der Waals surface area contributed by atoms with Gasteiger partial charge in [0.25, 0.3) is 0 Å². The van der Waals surface area contributed by atoms with Gasteiger partial charge in [-0.05, 0) is 36.8 Å². The van der Waals surface area contributed by atoms with Gasteiger partial charge in [0.1, 0.15) is 29.9 Å². The zero-order valence-corrected chi connectivity index (χ0v) is 18.4. The molecule has 34 heavy (non-hydrogen) atoms. The Kier molecular flexibility index (Phi) is 7.24. The summed E-state index contributed by atoms with van der Waals surface area (Å²) in [6.45, 7) is 1.54. The first-order chi connectivity index (χ1) is 16.4. The van der Waals surface area contributed by atoms with Crippen molar-refractivity contribution in [1.82, 2.24) is 9.55 Å². The fraction of sp³-hybridized carbons (Fsp3) is 0.320. The molecule has 4 rings (SSSR count). The van der Waals surface area contributed by atoms with Crippen LogP contribution < -0.4 is 4.74 Å². The highest BCUT2D eigenvalue weighted by Gasteiger charge is 2.28. The minimum atomic E-state index is -0.837. The predicted octanol–water partition coefficient (Wildman–Crippen LogP) is 2.61. The lowest BCUT2D eigenvalue weighted by Gasteiger charge is -2.16. The molecule has 178 valence electrons. The highest BCUT2D eigenvalue weighted by Crippen LogP contribution is 2.29. The van der Waals surface area contributed by atoms with Crippen LogP contribution >= 0.6 is 0 Å². The van der Waals surface area contributed by atoms with Crippen LogP contribution in [0.1, 0.15) is 30.5 Å². The molecule has 1 aromatic heterocycles. The Bertz CT molecular complexity index is 1220. The molecular formula is C25H24F2N2O5. The van der Waals surface area contributed by atoms with Crippen LogP contribution in [0.15, 0.2) is 48.8 Å². The van der Waals surface area contributed by atoms with E-state index in [0.717, 1.165) is 0 Å². The van der Waals surface area contributed by atoms with Gasteiger partial charge >= 0.3 is 0 Å². The van der Waals surface area contributed by atoms with E-state index in [9.17, 15) is 24.1 Å². The number of aromatic nitrogens is 2.